The minimum atomic E-state index is -1.12. The first-order valence-electron chi connectivity index (χ1n) is 4.29. The number of carbonyl (C=O) groups excluding carboxylic acids is 2. The smallest absolute Gasteiger partial charge is 0.545 e. The van der Waals surface area contributed by atoms with Crippen LogP contribution in [-0.2, 0) is 9.59 Å². The van der Waals surface area contributed by atoms with E-state index >= 15 is 0 Å². The molecule has 0 aromatic carbocycles. The van der Waals surface area contributed by atoms with Gasteiger partial charge >= 0.3 is 37.7 Å². The minimum absolute atomic E-state index is 0. The van der Waals surface area contributed by atoms with Crippen LogP contribution in [0.1, 0.15) is 26.7 Å². The van der Waals surface area contributed by atoms with Gasteiger partial charge in [0.1, 0.15) is 0 Å². The number of allylic oxidation sites excluding steroid dienone is 2. The van der Waals surface area contributed by atoms with Crippen LogP contribution in [0.15, 0.2) is 24.3 Å². The van der Waals surface area contributed by atoms with Crippen molar-refractivity contribution in [2.24, 2.45) is 0 Å². The number of aliphatic carboxylic acids is 2. The quantitative estimate of drug-likeness (QED) is 0.343. The van der Waals surface area contributed by atoms with E-state index in [9.17, 15) is 19.8 Å². The largest absolute Gasteiger partial charge is 1.00 e. The Morgan fingerprint density at radius 1 is 0.875 bits per heavy atom. The molecule has 0 aliphatic carbocycles. The predicted octanol–water partition coefficient (Wildman–Crippen LogP) is -6.59. The van der Waals surface area contributed by atoms with Crippen molar-refractivity contribution < 1.29 is 57.5 Å². The molecule has 6 heteroatoms. The topological polar surface area (TPSA) is 80.3 Å². The minimum Gasteiger partial charge on any atom is -0.545 e. The molecule has 0 radical (unpaired) electrons. The second-order valence-electron chi connectivity index (χ2n) is 2.26. The number of hydrogen-bond acceptors (Lipinski definition) is 4. The zero-order chi connectivity index (χ0) is 11.4. The van der Waals surface area contributed by atoms with Crippen molar-refractivity contribution in [3.63, 3.8) is 0 Å². The Bertz CT molecular complexity index is 201. The fraction of sp³-hybridized carbons (Fsp3) is 0.400. The molecule has 0 aromatic heterocycles. The molecule has 80 valence electrons. The van der Waals surface area contributed by atoms with Gasteiger partial charge in [-0.3, -0.25) is 0 Å². The summed E-state index contributed by atoms with van der Waals surface area (Å²) < 4.78 is 0. The summed E-state index contributed by atoms with van der Waals surface area (Å²) in [4.78, 5) is 19.1. The van der Waals surface area contributed by atoms with Crippen LogP contribution < -0.4 is 47.9 Å². The van der Waals surface area contributed by atoms with Crippen molar-refractivity contribution in [2.75, 3.05) is 0 Å². The van der Waals surface area contributed by atoms with Crippen LogP contribution in [0, 0.1) is 0 Å². The summed E-state index contributed by atoms with van der Waals surface area (Å²) in [5.74, 6) is -2.25. The van der Waals surface area contributed by atoms with Gasteiger partial charge in [0.25, 0.3) is 0 Å². The summed E-state index contributed by atoms with van der Waals surface area (Å²) in [5.41, 5.74) is 0. The molecule has 0 saturated carbocycles. The zero-order valence-electron chi connectivity index (χ0n) is 10.4. The standard InChI is InChI=1S/2C5H8O2.2Li/c2*1-2-3-4-5(6)7;;/h2*3-4H,2H2,1H3,(H,6,7);;/q;;2*+1/p-2. The van der Waals surface area contributed by atoms with E-state index in [1.54, 1.807) is 0 Å². The fourth-order valence-electron chi connectivity index (χ4n) is 0.428. The maximum Gasteiger partial charge on any atom is 1.00 e. The van der Waals surface area contributed by atoms with E-state index in [-0.39, 0.29) is 37.7 Å². The van der Waals surface area contributed by atoms with Crippen LogP contribution in [-0.4, -0.2) is 11.9 Å². The summed E-state index contributed by atoms with van der Waals surface area (Å²) in [6.07, 6.45) is 6.62. The first-order valence-corrected chi connectivity index (χ1v) is 4.29. The molecule has 0 N–H and O–H groups in total. The number of carboxylic acids is 2. The summed E-state index contributed by atoms with van der Waals surface area (Å²) in [7, 11) is 0. The Hall–Kier alpha value is -0.385. The molecule has 0 bridgehead atoms. The second-order valence-corrected chi connectivity index (χ2v) is 2.26. The second kappa shape index (κ2) is 20.1. The van der Waals surface area contributed by atoms with Gasteiger partial charge in [0, 0.05) is 0 Å². The Morgan fingerprint density at radius 2 is 1.12 bits per heavy atom. The maximum atomic E-state index is 9.56. The Kier molecular flexibility index (Phi) is 31.0. The van der Waals surface area contributed by atoms with Gasteiger partial charge in [-0.25, -0.2) is 0 Å². The molecular formula is C10H14Li2O4. The van der Waals surface area contributed by atoms with Crippen LogP contribution in [0.5, 0.6) is 0 Å². The number of carbonyl (C=O) groups is 2. The van der Waals surface area contributed by atoms with E-state index in [0.717, 1.165) is 25.0 Å². The molecule has 0 spiro atoms. The predicted molar refractivity (Wildman–Crippen MR) is 48.9 cm³/mol. The van der Waals surface area contributed by atoms with Crippen LogP contribution in [0.25, 0.3) is 0 Å². The van der Waals surface area contributed by atoms with E-state index in [0.29, 0.717) is 0 Å². The number of hydrogen-bond donors (Lipinski definition) is 0. The fourth-order valence-corrected chi connectivity index (χ4v) is 0.428. The average molecular weight is 212 g/mol. The average Bonchev–Trinajstić information content (AvgIpc) is 2.12. The van der Waals surface area contributed by atoms with Gasteiger partial charge in [-0.15, -0.1) is 0 Å². The molecule has 0 fully saturated rings. The zero-order valence-corrected chi connectivity index (χ0v) is 10.4. The summed E-state index contributed by atoms with van der Waals surface area (Å²) in [6, 6.07) is 0. The van der Waals surface area contributed by atoms with E-state index in [1.165, 1.54) is 12.2 Å². The van der Waals surface area contributed by atoms with Gasteiger partial charge in [0.15, 0.2) is 0 Å². The normalized spacial score (nSPS) is 8.62. The van der Waals surface area contributed by atoms with Gasteiger partial charge in [-0.05, 0) is 25.0 Å². The third-order valence-electron chi connectivity index (χ3n) is 0.979. The molecule has 0 aromatic rings. The van der Waals surface area contributed by atoms with Crippen LogP contribution >= 0.6 is 0 Å². The Balaban J connectivity index is -0.0000000800. The third kappa shape index (κ3) is 37.4. The summed E-state index contributed by atoms with van der Waals surface area (Å²) in [5, 5.41) is 19.1. The van der Waals surface area contributed by atoms with Crippen molar-refractivity contribution in [3.8, 4) is 0 Å². The molecule has 0 unspecified atom stereocenters. The third-order valence-corrected chi connectivity index (χ3v) is 0.979. The molecule has 0 rings (SSSR count). The summed E-state index contributed by atoms with van der Waals surface area (Å²) >= 11 is 0. The first-order chi connectivity index (χ1) is 6.54. The molecule has 0 atom stereocenters. The van der Waals surface area contributed by atoms with Crippen LogP contribution in [0.2, 0.25) is 0 Å². The van der Waals surface area contributed by atoms with Crippen molar-refractivity contribution in [1.29, 1.82) is 0 Å². The first kappa shape index (κ1) is 24.7. The SMILES string of the molecule is CCC=CC(=O)[O-].CCC=CC(=O)[O-].[Li+].[Li+]. The van der Waals surface area contributed by atoms with Crippen molar-refractivity contribution >= 4 is 11.9 Å². The maximum absolute atomic E-state index is 9.56. The van der Waals surface area contributed by atoms with Gasteiger partial charge in [-0.2, -0.15) is 0 Å². The van der Waals surface area contributed by atoms with E-state index in [1.807, 2.05) is 13.8 Å². The van der Waals surface area contributed by atoms with E-state index < -0.39 is 11.9 Å². The molecular weight excluding hydrogens is 198 g/mol. The molecule has 0 saturated heterocycles. The van der Waals surface area contributed by atoms with Gasteiger partial charge in [0.2, 0.25) is 0 Å². The van der Waals surface area contributed by atoms with Crippen molar-refractivity contribution in [2.45, 2.75) is 26.7 Å². The Labute approximate surface area is 120 Å². The molecule has 0 aliphatic rings. The molecule has 4 nitrogen and oxygen atoms in total. The van der Waals surface area contributed by atoms with Crippen LogP contribution in [0.4, 0.5) is 0 Å². The van der Waals surface area contributed by atoms with E-state index in [4.69, 9.17) is 0 Å². The molecule has 0 amide bonds. The molecule has 0 aliphatic heterocycles. The van der Waals surface area contributed by atoms with Gasteiger partial charge < -0.3 is 19.8 Å². The van der Waals surface area contributed by atoms with Crippen LogP contribution in [0.3, 0.4) is 0 Å². The van der Waals surface area contributed by atoms with Gasteiger partial charge in [0.05, 0.1) is 11.9 Å². The van der Waals surface area contributed by atoms with Crippen molar-refractivity contribution in [1.82, 2.24) is 0 Å². The molecule has 0 heterocycles. The molecule has 16 heavy (non-hydrogen) atoms. The monoisotopic (exact) mass is 212 g/mol. The van der Waals surface area contributed by atoms with Gasteiger partial charge in [-0.1, -0.05) is 26.0 Å². The summed E-state index contributed by atoms with van der Waals surface area (Å²) in [6.45, 7) is 3.72. The number of rotatable bonds is 4. The Morgan fingerprint density at radius 3 is 1.19 bits per heavy atom. The number of carboxylic acid groups (broad SMARTS) is 2. The van der Waals surface area contributed by atoms with Crippen molar-refractivity contribution in [3.05, 3.63) is 24.3 Å². The van der Waals surface area contributed by atoms with E-state index in [2.05, 4.69) is 0 Å².